The third kappa shape index (κ3) is 5.20. The maximum Gasteiger partial charge on any atom is 0.253 e. The molecular weight excluding hydrogens is 590 g/mol. The summed E-state index contributed by atoms with van der Waals surface area (Å²) in [6.45, 7) is 13.7. The van der Waals surface area contributed by atoms with Crippen LogP contribution < -0.4 is 9.80 Å². The molecule has 244 valence electrons. The van der Waals surface area contributed by atoms with E-state index in [1.807, 2.05) is 99.6 Å². The summed E-state index contributed by atoms with van der Waals surface area (Å²) in [5.41, 5.74) is 1.74. The Morgan fingerprint density at radius 3 is 2.23 bits per heavy atom. The van der Waals surface area contributed by atoms with E-state index in [1.165, 1.54) is 4.90 Å². The smallest absolute Gasteiger partial charge is 0.253 e. The van der Waals surface area contributed by atoms with Crippen molar-refractivity contribution in [3.8, 4) is 0 Å². The van der Waals surface area contributed by atoms with Gasteiger partial charge in [0.05, 0.1) is 30.1 Å². The number of rotatable bonds is 11. The Bertz CT molecular complexity index is 1690. The highest BCUT2D eigenvalue weighted by atomic mass is 16.5. The molecule has 3 amide bonds. The van der Waals surface area contributed by atoms with Crippen LogP contribution in [0.1, 0.15) is 42.5 Å². The molecule has 47 heavy (non-hydrogen) atoms. The fourth-order valence-electron chi connectivity index (χ4n) is 8.21. The van der Waals surface area contributed by atoms with Gasteiger partial charge in [-0.15, -0.1) is 13.2 Å². The summed E-state index contributed by atoms with van der Waals surface area (Å²) in [6, 6.07) is 22.6. The van der Waals surface area contributed by atoms with E-state index in [4.69, 9.17) is 4.74 Å². The van der Waals surface area contributed by atoms with E-state index in [2.05, 4.69) is 13.2 Å². The second kappa shape index (κ2) is 12.6. The molecule has 1 spiro atoms. The number of anilines is 2. The molecule has 0 aromatic heterocycles. The maximum atomic E-state index is 15.2. The normalized spacial score (nSPS) is 26.5. The van der Waals surface area contributed by atoms with Crippen molar-refractivity contribution in [3.63, 3.8) is 0 Å². The molecular formula is C39H43N3O5. The summed E-state index contributed by atoms with van der Waals surface area (Å²) in [7, 11) is 0. The Morgan fingerprint density at radius 1 is 0.957 bits per heavy atom. The summed E-state index contributed by atoms with van der Waals surface area (Å²) in [5.74, 6) is -2.72. The van der Waals surface area contributed by atoms with E-state index in [9.17, 15) is 9.90 Å². The molecule has 3 heterocycles. The van der Waals surface area contributed by atoms with Crippen molar-refractivity contribution in [2.75, 3.05) is 29.5 Å². The summed E-state index contributed by atoms with van der Waals surface area (Å²) in [4.78, 5) is 49.8. The number of aliphatic hydroxyl groups excluding tert-OH is 1. The fourth-order valence-corrected chi connectivity index (χ4v) is 8.21. The molecule has 3 fully saturated rings. The van der Waals surface area contributed by atoms with Crippen molar-refractivity contribution in [1.29, 1.82) is 0 Å². The molecule has 8 nitrogen and oxygen atoms in total. The van der Waals surface area contributed by atoms with Gasteiger partial charge in [-0.05, 0) is 68.5 Å². The minimum absolute atomic E-state index is 0.207. The van der Waals surface area contributed by atoms with Crippen molar-refractivity contribution >= 4 is 29.1 Å². The van der Waals surface area contributed by atoms with Crippen LogP contribution in [0.4, 0.5) is 11.4 Å². The number of hydrogen-bond donors (Lipinski definition) is 1. The highest BCUT2D eigenvalue weighted by molar-refractivity contribution is 6.07. The SMILES string of the molecule is C=CCN(C(=O)[C@H]1[C@H]2C(=O)N([C@H](CO)c3ccccc3)C(C(=O)N(CC=C)c3cc(C)ccc3C)C23CC[C@]1(C)O3)c1ccccc1. The molecule has 2 unspecified atom stereocenters. The molecule has 0 saturated carbocycles. The lowest BCUT2D eigenvalue weighted by molar-refractivity contribution is -0.148. The lowest BCUT2D eigenvalue weighted by Gasteiger charge is -2.40. The number of fused-ring (bicyclic) bond motifs is 1. The number of carbonyl (C=O) groups is 3. The van der Waals surface area contributed by atoms with Gasteiger partial charge in [0.25, 0.3) is 5.91 Å². The molecule has 3 aromatic rings. The van der Waals surface area contributed by atoms with Gasteiger partial charge in [-0.25, -0.2) is 0 Å². The highest BCUT2D eigenvalue weighted by Crippen LogP contribution is 2.64. The van der Waals surface area contributed by atoms with E-state index < -0.39 is 41.7 Å². The van der Waals surface area contributed by atoms with Crippen LogP contribution in [0.3, 0.4) is 0 Å². The first-order valence-corrected chi connectivity index (χ1v) is 16.3. The lowest BCUT2D eigenvalue weighted by atomic mass is 9.66. The second-order valence-electron chi connectivity index (χ2n) is 13.2. The summed E-state index contributed by atoms with van der Waals surface area (Å²) in [5, 5.41) is 10.9. The number of para-hydroxylation sites is 1. The minimum Gasteiger partial charge on any atom is -0.394 e. The van der Waals surface area contributed by atoms with Gasteiger partial charge in [-0.2, -0.15) is 0 Å². The van der Waals surface area contributed by atoms with Gasteiger partial charge in [-0.3, -0.25) is 14.4 Å². The van der Waals surface area contributed by atoms with Crippen molar-refractivity contribution in [2.24, 2.45) is 11.8 Å². The van der Waals surface area contributed by atoms with E-state index >= 15 is 9.59 Å². The van der Waals surface area contributed by atoms with Gasteiger partial charge >= 0.3 is 0 Å². The average molecular weight is 634 g/mol. The Morgan fingerprint density at radius 2 is 1.60 bits per heavy atom. The minimum atomic E-state index is -1.28. The van der Waals surface area contributed by atoms with Crippen LogP contribution in [0.5, 0.6) is 0 Å². The fraction of sp³-hybridized carbons (Fsp3) is 0.359. The first-order valence-electron chi connectivity index (χ1n) is 16.3. The summed E-state index contributed by atoms with van der Waals surface area (Å²) in [6.07, 6.45) is 4.26. The number of nitrogens with zero attached hydrogens (tertiary/aromatic N) is 3. The Kier molecular flexibility index (Phi) is 8.68. The van der Waals surface area contributed by atoms with Crippen LogP contribution in [0.15, 0.2) is 104 Å². The van der Waals surface area contributed by atoms with E-state index in [-0.39, 0.29) is 30.8 Å². The molecule has 3 saturated heterocycles. The first kappa shape index (κ1) is 32.4. The zero-order chi connectivity index (χ0) is 33.5. The van der Waals surface area contributed by atoms with Gasteiger partial charge in [0.2, 0.25) is 11.8 Å². The third-order valence-electron chi connectivity index (χ3n) is 10.3. The number of benzene rings is 3. The van der Waals surface area contributed by atoms with Crippen molar-refractivity contribution in [2.45, 2.75) is 56.9 Å². The van der Waals surface area contributed by atoms with Crippen molar-refractivity contribution in [3.05, 3.63) is 121 Å². The highest BCUT2D eigenvalue weighted by Gasteiger charge is 2.79. The molecule has 3 aromatic carbocycles. The van der Waals surface area contributed by atoms with Gasteiger partial charge < -0.3 is 24.5 Å². The van der Waals surface area contributed by atoms with E-state index in [1.54, 1.807) is 22.0 Å². The number of hydrogen-bond acceptors (Lipinski definition) is 5. The molecule has 1 N–H and O–H groups in total. The van der Waals surface area contributed by atoms with Gasteiger partial charge in [0.1, 0.15) is 11.6 Å². The second-order valence-corrected chi connectivity index (χ2v) is 13.2. The molecule has 2 bridgehead atoms. The maximum absolute atomic E-state index is 15.2. The van der Waals surface area contributed by atoms with E-state index in [0.29, 0.717) is 24.1 Å². The number of likely N-dealkylation sites (tertiary alicyclic amines) is 1. The monoisotopic (exact) mass is 633 g/mol. The summed E-state index contributed by atoms with van der Waals surface area (Å²) >= 11 is 0. The lowest BCUT2D eigenvalue weighted by Crippen LogP contribution is -2.57. The first-order chi connectivity index (χ1) is 22.6. The number of carbonyl (C=O) groups excluding carboxylic acids is 3. The third-order valence-corrected chi connectivity index (χ3v) is 10.3. The molecule has 3 aliphatic rings. The van der Waals surface area contributed by atoms with Crippen LogP contribution in [0.2, 0.25) is 0 Å². The number of aryl methyl sites for hydroxylation is 2. The van der Waals surface area contributed by atoms with Crippen molar-refractivity contribution in [1.82, 2.24) is 4.90 Å². The molecule has 8 heteroatoms. The predicted molar refractivity (Wildman–Crippen MR) is 183 cm³/mol. The number of ether oxygens (including phenoxy) is 1. The molecule has 3 aliphatic heterocycles. The quantitative estimate of drug-likeness (QED) is 0.280. The van der Waals surface area contributed by atoms with Gasteiger partial charge in [0, 0.05) is 24.5 Å². The molecule has 0 radical (unpaired) electrons. The van der Waals surface area contributed by atoms with Crippen LogP contribution in [-0.4, -0.2) is 64.7 Å². The molecule has 0 aliphatic carbocycles. The Balaban J connectivity index is 1.52. The van der Waals surface area contributed by atoms with Crippen molar-refractivity contribution < 1.29 is 24.2 Å². The average Bonchev–Trinajstić information content (AvgIpc) is 3.65. The number of amides is 3. The topological polar surface area (TPSA) is 90.4 Å². The van der Waals surface area contributed by atoms with Gasteiger partial charge in [-0.1, -0.05) is 72.8 Å². The zero-order valence-corrected chi connectivity index (χ0v) is 27.3. The van der Waals surface area contributed by atoms with Crippen LogP contribution in [0.25, 0.3) is 0 Å². The predicted octanol–water partition coefficient (Wildman–Crippen LogP) is 5.54. The van der Waals surface area contributed by atoms with Crippen LogP contribution >= 0.6 is 0 Å². The largest absolute Gasteiger partial charge is 0.394 e. The summed E-state index contributed by atoms with van der Waals surface area (Å²) < 4.78 is 6.96. The zero-order valence-electron chi connectivity index (χ0n) is 27.3. The standard InChI is InChI=1S/C39H43N3O5/c1-6-22-40(29-16-12-9-13-17-29)35(44)32-33-36(45)42(31(25-43)28-14-10-8-11-15-28)34(39(33)21-20-38(32,5)47-39)37(46)41(23-7-2)30-24-26(3)18-19-27(30)4/h6-19,24,31-34,43H,1-2,20-23,25H2,3-5H3/t31-,32-,33+,34?,38+,39?/m1/s1. The van der Waals surface area contributed by atoms with Gasteiger partial charge in [0.15, 0.2) is 0 Å². The van der Waals surface area contributed by atoms with E-state index in [0.717, 1.165) is 16.8 Å². The van der Waals surface area contributed by atoms with Crippen LogP contribution in [0, 0.1) is 25.7 Å². The number of aliphatic hydroxyl groups is 1. The Hall–Kier alpha value is -4.53. The van der Waals surface area contributed by atoms with Crippen LogP contribution in [-0.2, 0) is 19.1 Å². The Labute approximate surface area is 276 Å². The molecule has 6 atom stereocenters. The molecule has 6 rings (SSSR count).